The van der Waals surface area contributed by atoms with Gasteiger partial charge in [0.1, 0.15) is 5.76 Å². The van der Waals surface area contributed by atoms with Crippen molar-refractivity contribution in [3.63, 3.8) is 0 Å². The molecule has 0 aliphatic carbocycles. The average Bonchev–Trinajstić information content (AvgIpc) is 3.05. The Labute approximate surface area is 142 Å². The number of benzene rings is 1. The molecule has 1 aromatic carbocycles. The van der Waals surface area contributed by atoms with Crippen molar-refractivity contribution in [1.29, 1.82) is 0 Å². The molecule has 1 atom stereocenters. The first-order valence-corrected chi connectivity index (χ1v) is 8.37. The van der Waals surface area contributed by atoms with Gasteiger partial charge in [-0.05, 0) is 32.5 Å². The zero-order valence-corrected chi connectivity index (χ0v) is 14.2. The molecule has 1 aromatic heterocycles. The molecule has 128 valence electrons. The van der Waals surface area contributed by atoms with Gasteiger partial charge in [0.15, 0.2) is 5.76 Å². The topological polar surface area (TPSA) is 54.7 Å². The maximum absolute atomic E-state index is 12.2. The molecule has 5 nitrogen and oxygen atoms in total. The molecule has 1 aliphatic heterocycles. The molecule has 2 heterocycles. The van der Waals surface area contributed by atoms with Gasteiger partial charge in [-0.25, -0.2) is 0 Å². The maximum atomic E-state index is 12.2. The van der Waals surface area contributed by atoms with E-state index in [1.807, 2.05) is 37.3 Å². The van der Waals surface area contributed by atoms with E-state index in [9.17, 15) is 4.79 Å². The summed E-state index contributed by atoms with van der Waals surface area (Å²) in [5.74, 6) is 0.863. The van der Waals surface area contributed by atoms with Gasteiger partial charge in [-0.15, -0.1) is 0 Å². The standard InChI is InChI=1S/C19H24N2O3/c1-14-3-5-15(6-4-14)17-7-8-18(24-17)19(22)20-10-9-16-13-21(2)11-12-23-16/h3-8,16H,9-13H2,1-2H3,(H,20,22)/t16-/m0/s1. The van der Waals surface area contributed by atoms with E-state index in [-0.39, 0.29) is 12.0 Å². The lowest BCUT2D eigenvalue weighted by Gasteiger charge is -2.30. The summed E-state index contributed by atoms with van der Waals surface area (Å²) in [6.07, 6.45) is 0.991. The van der Waals surface area contributed by atoms with E-state index in [2.05, 4.69) is 17.3 Å². The molecule has 1 N–H and O–H groups in total. The fourth-order valence-electron chi connectivity index (χ4n) is 2.81. The minimum absolute atomic E-state index is 0.183. The van der Waals surface area contributed by atoms with Crippen LogP contribution in [0.1, 0.15) is 22.5 Å². The third-order valence-corrected chi connectivity index (χ3v) is 4.26. The summed E-state index contributed by atoms with van der Waals surface area (Å²) < 4.78 is 11.4. The Morgan fingerprint density at radius 2 is 2.04 bits per heavy atom. The van der Waals surface area contributed by atoms with Gasteiger partial charge in [0.25, 0.3) is 5.91 Å². The summed E-state index contributed by atoms with van der Waals surface area (Å²) in [6, 6.07) is 11.6. The van der Waals surface area contributed by atoms with Crippen molar-refractivity contribution in [2.45, 2.75) is 19.4 Å². The van der Waals surface area contributed by atoms with E-state index < -0.39 is 0 Å². The second-order valence-electron chi connectivity index (χ2n) is 6.33. The Balaban J connectivity index is 1.51. The summed E-state index contributed by atoms with van der Waals surface area (Å²) in [5, 5.41) is 2.90. The first kappa shape index (κ1) is 16.7. The van der Waals surface area contributed by atoms with Crippen LogP contribution in [0.4, 0.5) is 0 Å². The fraction of sp³-hybridized carbons (Fsp3) is 0.421. The minimum Gasteiger partial charge on any atom is -0.451 e. The number of nitrogens with zero attached hydrogens (tertiary/aromatic N) is 1. The number of nitrogens with one attached hydrogen (secondary N) is 1. The molecular formula is C19H24N2O3. The van der Waals surface area contributed by atoms with Crippen molar-refractivity contribution in [2.24, 2.45) is 0 Å². The maximum Gasteiger partial charge on any atom is 0.287 e. The van der Waals surface area contributed by atoms with Crippen molar-refractivity contribution in [2.75, 3.05) is 33.3 Å². The Bertz CT molecular complexity index is 678. The number of likely N-dealkylation sites (N-methyl/N-ethyl adjacent to an activating group) is 1. The van der Waals surface area contributed by atoms with Crippen molar-refractivity contribution >= 4 is 5.91 Å². The molecule has 2 aromatic rings. The van der Waals surface area contributed by atoms with Crippen LogP contribution in [-0.4, -0.2) is 50.2 Å². The molecule has 0 spiro atoms. The number of hydrogen-bond acceptors (Lipinski definition) is 4. The normalized spacial score (nSPS) is 18.5. The number of carbonyl (C=O) groups excluding carboxylic acids is 1. The number of hydrogen-bond donors (Lipinski definition) is 1. The highest BCUT2D eigenvalue weighted by atomic mass is 16.5. The highest BCUT2D eigenvalue weighted by molar-refractivity contribution is 5.92. The van der Waals surface area contributed by atoms with E-state index >= 15 is 0 Å². The number of carbonyl (C=O) groups is 1. The SMILES string of the molecule is Cc1ccc(-c2ccc(C(=O)NCC[C@H]3CN(C)CCO3)o2)cc1. The van der Waals surface area contributed by atoms with Crippen LogP contribution in [0.5, 0.6) is 0 Å². The number of ether oxygens (including phenoxy) is 1. The van der Waals surface area contributed by atoms with Gasteiger partial charge in [0.2, 0.25) is 0 Å². The number of furan rings is 1. The summed E-state index contributed by atoms with van der Waals surface area (Å²) in [4.78, 5) is 14.4. The fourth-order valence-corrected chi connectivity index (χ4v) is 2.81. The van der Waals surface area contributed by atoms with Crippen LogP contribution in [-0.2, 0) is 4.74 Å². The van der Waals surface area contributed by atoms with Gasteiger partial charge in [0.05, 0.1) is 12.7 Å². The molecule has 1 aliphatic rings. The first-order chi connectivity index (χ1) is 11.6. The molecule has 24 heavy (non-hydrogen) atoms. The highest BCUT2D eigenvalue weighted by Crippen LogP contribution is 2.22. The Morgan fingerprint density at radius 3 is 2.79 bits per heavy atom. The number of aryl methyl sites for hydroxylation is 1. The second kappa shape index (κ2) is 7.64. The lowest BCUT2D eigenvalue weighted by Crippen LogP contribution is -2.41. The summed E-state index contributed by atoms with van der Waals surface area (Å²) in [6.45, 7) is 5.26. The molecule has 5 heteroatoms. The van der Waals surface area contributed by atoms with E-state index in [4.69, 9.17) is 9.15 Å². The molecule has 3 rings (SSSR count). The quantitative estimate of drug-likeness (QED) is 0.917. The molecule has 0 saturated carbocycles. The van der Waals surface area contributed by atoms with Crippen LogP contribution in [0.3, 0.4) is 0 Å². The lowest BCUT2D eigenvalue weighted by molar-refractivity contribution is -0.0226. The second-order valence-corrected chi connectivity index (χ2v) is 6.33. The number of amides is 1. The smallest absolute Gasteiger partial charge is 0.287 e. The molecule has 1 fully saturated rings. The predicted octanol–water partition coefficient (Wildman–Crippen LogP) is 2.71. The van der Waals surface area contributed by atoms with Gasteiger partial charge in [-0.1, -0.05) is 29.8 Å². The Morgan fingerprint density at radius 1 is 1.25 bits per heavy atom. The van der Waals surface area contributed by atoms with Gasteiger partial charge in [-0.2, -0.15) is 0 Å². The Hall–Kier alpha value is -2.11. The van der Waals surface area contributed by atoms with Crippen molar-refractivity contribution in [3.05, 3.63) is 47.7 Å². The summed E-state index contributed by atoms with van der Waals surface area (Å²) in [7, 11) is 2.09. The van der Waals surface area contributed by atoms with Crippen LogP contribution in [0.15, 0.2) is 40.8 Å². The van der Waals surface area contributed by atoms with Crippen LogP contribution in [0.25, 0.3) is 11.3 Å². The summed E-state index contributed by atoms with van der Waals surface area (Å²) >= 11 is 0. The van der Waals surface area contributed by atoms with Crippen LogP contribution < -0.4 is 5.32 Å². The van der Waals surface area contributed by atoms with Crippen molar-refractivity contribution in [1.82, 2.24) is 10.2 Å². The van der Waals surface area contributed by atoms with E-state index in [1.165, 1.54) is 5.56 Å². The largest absolute Gasteiger partial charge is 0.451 e. The monoisotopic (exact) mass is 328 g/mol. The molecular weight excluding hydrogens is 304 g/mol. The minimum atomic E-state index is -0.183. The first-order valence-electron chi connectivity index (χ1n) is 8.37. The summed E-state index contributed by atoms with van der Waals surface area (Å²) in [5.41, 5.74) is 2.16. The lowest BCUT2D eigenvalue weighted by atomic mass is 10.1. The molecule has 0 bridgehead atoms. The molecule has 1 amide bonds. The van der Waals surface area contributed by atoms with E-state index in [0.29, 0.717) is 18.1 Å². The third kappa shape index (κ3) is 4.24. The van der Waals surface area contributed by atoms with E-state index in [0.717, 1.165) is 31.7 Å². The number of morpholine rings is 1. The average molecular weight is 328 g/mol. The van der Waals surface area contributed by atoms with Crippen molar-refractivity contribution < 1.29 is 13.9 Å². The van der Waals surface area contributed by atoms with Gasteiger partial charge >= 0.3 is 0 Å². The van der Waals surface area contributed by atoms with Crippen LogP contribution in [0.2, 0.25) is 0 Å². The zero-order valence-electron chi connectivity index (χ0n) is 14.2. The molecule has 0 unspecified atom stereocenters. The number of rotatable bonds is 5. The van der Waals surface area contributed by atoms with Gasteiger partial charge in [0, 0.05) is 25.2 Å². The zero-order chi connectivity index (χ0) is 16.9. The Kier molecular flexibility index (Phi) is 5.33. The highest BCUT2D eigenvalue weighted by Gasteiger charge is 2.18. The van der Waals surface area contributed by atoms with Gasteiger partial charge in [-0.3, -0.25) is 4.79 Å². The van der Waals surface area contributed by atoms with E-state index in [1.54, 1.807) is 6.07 Å². The van der Waals surface area contributed by atoms with Crippen molar-refractivity contribution in [3.8, 4) is 11.3 Å². The predicted molar refractivity (Wildman–Crippen MR) is 93.1 cm³/mol. The van der Waals surface area contributed by atoms with Crippen LogP contribution in [0, 0.1) is 6.92 Å². The van der Waals surface area contributed by atoms with Gasteiger partial charge < -0.3 is 19.4 Å². The van der Waals surface area contributed by atoms with Crippen LogP contribution >= 0.6 is 0 Å². The molecule has 0 radical (unpaired) electrons. The third-order valence-electron chi connectivity index (χ3n) is 4.26. The molecule has 1 saturated heterocycles.